The van der Waals surface area contributed by atoms with E-state index in [1.54, 1.807) is 14.0 Å². The quantitative estimate of drug-likeness (QED) is 0.619. The highest BCUT2D eigenvalue weighted by molar-refractivity contribution is 5.31. The third-order valence-corrected chi connectivity index (χ3v) is 1.33. The summed E-state index contributed by atoms with van der Waals surface area (Å²) in [6, 6.07) is 7.27. The SMILES string of the molecule is CC#COc1ccc(OC)cc1. The van der Waals surface area contributed by atoms with E-state index in [0.29, 0.717) is 0 Å². The molecule has 62 valence electrons. The van der Waals surface area contributed by atoms with E-state index in [1.807, 2.05) is 24.3 Å². The van der Waals surface area contributed by atoms with Gasteiger partial charge in [-0.2, -0.15) is 0 Å². The van der Waals surface area contributed by atoms with Crippen molar-refractivity contribution < 1.29 is 9.47 Å². The number of hydrogen-bond acceptors (Lipinski definition) is 2. The molecule has 2 nitrogen and oxygen atoms in total. The molecule has 0 N–H and O–H groups in total. The van der Waals surface area contributed by atoms with Crippen LogP contribution < -0.4 is 9.47 Å². The van der Waals surface area contributed by atoms with Gasteiger partial charge in [0.25, 0.3) is 0 Å². The molecule has 0 aliphatic carbocycles. The van der Waals surface area contributed by atoms with Crippen molar-refractivity contribution in [2.75, 3.05) is 7.11 Å². The average Bonchev–Trinajstić information content (AvgIpc) is 2.15. The Labute approximate surface area is 72.1 Å². The molecule has 0 amide bonds. The van der Waals surface area contributed by atoms with Crippen molar-refractivity contribution in [3.05, 3.63) is 24.3 Å². The Bertz CT molecular complexity index is 290. The van der Waals surface area contributed by atoms with Crippen molar-refractivity contribution in [3.63, 3.8) is 0 Å². The molecular weight excluding hydrogens is 152 g/mol. The van der Waals surface area contributed by atoms with Crippen LogP contribution in [0.3, 0.4) is 0 Å². The van der Waals surface area contributed by atoms with Gasteiger partial charge in [-0.3, -0.25) is 0 Å². The molecule has 0 spiro atoms. The van der Waals surface area contributed by atoms with E-state index in [9.17, 15) is 0 Å². The zero-order valence-corrected chi connectivity index (χ0v) is 7.13. The molecule has 0 fully saturated rings. The lowest BCUT2D eigenvalue weighted by molar-refractivity contribution is 0.413. The number of hydrogen-bond donors (Lipinski definition) is 0. The average molecular weight is 162 g/mol. The molecule has 0 bridgehead atoms. The maximum Gasteiger partial charge on any atom is 0.140 e. The third-order valence-electron chi connectivity index (χ3n) is 1.33. The Morgan fingerprint density at radius 1 is 1.08 bits per heavy atom. The minimum atomic E-state index is 0.727. The van der Waals surface area contributed by atoms with Gasteiger partial charge in [-0.05, 0) is 24.3 Å². The number of methoxy groups -OCH3 is 1. The predicted molar refractivity (Wildman–Crippen MR) is 47.1 cm³/mol. The summed E-state index contributed by atoms with van der Waals surface area (Å²) in [5.74, 6) is 4.18. The van der Waals surface area contributed by atoms with E-state index in [1.165, 1.54) is 0 Å². The standard InChI is InChI=1S/C10H10O2/c1-3-8-12-10-6-4-9(11-2)5-7-10/h4-7H,1-2H3. The molecule has 0 radical (unpaired) electrons. The summed E-state index contributed by atoms with van der Waals surface area (Å²) < 4.78 is 10.0. The summed E-state index contributed by atoms with van der Waals surface area (Å²) in [5, 5.41) is 0. The first-order chi connectivity index (χ1) is 5.86. The minimum Gasteiger partial charge on any atom is -0.497 e. The summed E-state index contributed by atoms with van der Waals surface area (Å²) in [5.41, 5.74) is 0. The second-order valence-electron chi connectivity index (χ2n) is 2.13. The van der Waals surface area contributed by atoms with Crippen LogP contribution in [0, 0.1) is 12.0 Å². The summed E-state index contributed by atoms with van der Waals surface area (Å²) in [6.45, 7) is 1.73. The van der Waals surface area contributed by atoms with Crippen molar-refractivity contribution in [2.24, 2.45) is 0 Å². The maximum absolute atomic E-state index is 5.04. The molecular formula is C10H10O2. The maximum atomic E-state index is 5.04. The lowest BCUT2D eigenvalue weighted by Gasteiger charge is -1.99. The smallest absolute Gasteiger partial charge is 0.140 e. The molecule has 0 heterocycles. The summed E-state index contributed by atoms with van der Waals surface area (Å²) in [7, 11) is 1.63. The van der Waals surface area contributed by atoms with Gasteiger partial charge in [-0.25, -0.2) is 0 Å². The first-order valence-electron chi connectivity index (χ1n) is 3.59. The first kappa shape index (κ1) is 8.48. The molecule has 12 heavy (non-hydrogen) atoms. The van der Waals surface area contributed by atoms with Gasteiger partial charge in [0.2, 0.25) is 0 Å². The molecule has 0 saturated carbocycles. The lowest BCUT2D eigenvalue weighted by Crippen LogP contribution is -1.84. The van der Waals surface area contributed by atoms with Crippen molar-refractivity contribution >= 4 is 0 Å². The highest BCUT2D eigenvalue weighted by Crippen LogP contribution is 2.16. The van der Waals surface area contributed by atoms with Crippen LogP contribution in [0.15, 0.2) is 24.3 Å². The Morgan fingerprint density at radius 2 is 1.67 bits per heavy atom. The topological polar surface area (TPSA) is 18.5 Å². The number of rotatable bonds is 2. The minimum absolute atomic E-state index is 0.727. The Kier molecular flexibility index (Phi) is 3.04. The second-order valence-corrected chi connectivity index (χ2v) is 2.13. The second kappa shape index (κ2) is 4.30. The van der Waals surface area contributed by atoms with Gasteiger partial charge in [0.05, 0.1) is 7.11 Å². The van der Waals surface area contributed by atoms with Crippen LogP contribution in [0.2, 0.25) is 0 Å². The zero-order chi connectivity index (χ0) is 8.81. The Balaban J connectivity index is 2.69. The van der Waals surface area contributed by atoms with E-state index in [0.717, 1.165) is 11.5 Å². The van der Waals surface area contributed by atoms with Crippen molar-refractivity contribution in [1.29, 1.82) is 0 Å². The van der Waals surface area contributed by atoms with Gasteiger partial charge in [-0.15, -0.1) is 0 Å². The summed E-state index contributed by atoms with van der Waals surface area (Å²) in [4.78, 5) is 0. The van der Waals surface area contributed by atoms with E-state index in [-0.39, 0.29) is 0 Å². The molecule has 0 atom stereocenters. The van der Waals surface area contributed by atoms with E-state index >= 15 is 0 Å². The van der Waals surface area contributed by atoms with Crippen LogP contribution >= 0.6 is 0 Å². The molecule has 0 unspecified atom stereocenters. The molecule has 1 aromatic rings. The highest BCUT2D eigenvalue weighted by atomic mass is 16.5. The van der Waals surface area contributed by atoms with Gasteiger partial charge in [0.15, 0.2) is 0 Å². The van der Waals surface area contributed by atoms with E-state index < -0.39 is 0 Å². The molecule has 0 saturated heterocycles. The normalized spacial score (nSPS) is 8.17. The fourth-order valence-corrected chi connectivity index (χ4v) is 0.754. The number of ether oxygens (including phenoxy) is 2. The zero-order valence-electron chi connectivity index (χ0n) is 7.13. The van der Waals surface area contributed by atoms with Crippen molar-refractivity contribution in [1.82, 2.24) is 0 Å². The monoisotopic (exact) mass is 162 g/mol. The van der Waals surface area contributed by atoms with Gasteiger partial charge >= 0.3 is 0 Å². The number of benzene rings is 1. The summed E-state index contributed by atoms with van der Waals surface area (Å²) in [6.07, 6.45) is 2.51. The largest absolute Gasteiger partial charge is 0.497 e. The van der Waals surface area contributed by atoms with E-state index in [2.05, 4.69) is 12.0 Å². The molecule has 1 aromatic carbocycles. The lowest BCUT2D eigenvalue weighted by atomic mass is 10.3. The van der Waals surface area contributed by atoms with Gasteiger partial charge in [0.1, 0.15) is 17.6 Å². The summed E-state index contributed by atoms with van der Waals surface area (Å²) >= 11 is 0. The van der Waals surface area contributed by atoms with Crippen LogP contribution in [-0.2, 0) is 0 Å². The molecule has 0 aliphatic rings. The van der Waals surface area contributed by atoms with Crippen LogP contribution in [0.25, 0.3) is 0 Å². The van der Waals surface area contributed by atoms with Crippen LogP contribution in [0.1, 0.15) is 6.92 Å². The fourth-order valence-electron chi connectivity index (χ4n) is 0.754. The Morgan fingerprint density at radius 3 is 2.17 bits per heavy atom. The Hall–Kier alpha value is -1.62. The molecule has 1 rings (SSSR count). The third kappa shape index (κ3) is 2.21. The molecule has 2 heteroatoms. The van der Waals surface area contributed by atoms with Crippen LogP contribution in [0.5, 0.6) is 11.5 Å². The highest BCUT2D eigenvalue weighted by Gasteiger charge is 1.91. The first-order valence-corrected chi connectivity index (χ1v) is 3.59. The van der Waals surface area contributed by atoms with Crippen molar-refractivity contribution in [3.8, 4) is 23.5 Å². The molecule has 0 aliphatic heterocycles. The van der Waals surface area contributed by atoms with Crippen LogP contribution in [0.4, 0.5) is 0 Å². The van der Waals surface area contributed by atoms with Gasteiger partial charge < -0.3 is 9.47 Å². The molecule has 0 aromatic heterocycles. The van der Waals surface area contributed by atoms with Gasteiger partial charge in [-0.1, -0.05) is 5.92 Å². The van der Waals surface area contributed by atoms with Crippen molar-refractivity contribution in [2.45, 2.75) is 6.92 Å². The van der Waals surface area contributed by atoms with Gasteiger partial charge in [0, 0.05) is 6.92 Å². The predicted octanol–water partition coefficient (Wildman–Crippen LogP) is 2.05. The van der Waals surface area contributed by atoms with E-state index in [4.69, 9.17) is 9.47 Å². The van der Waals surface area contributed by atoms with Crippen LogP contribution in [-0.4, -0.2) is 7.11 Å². The fraction of sp³-hybridized carbons (Fsp3) is 0.200.